The van der Waals surface area contributed by atoms with Crippen LogP contribution in [0.1, 0.15) is 17.9 Å². The largest absolute Gasteiger partial charge is 0.496 e. The fourth-order valence-electron chi connectivity index (χ4n) is 3.10. The first-order valence-corrected chi connectivity index (χ1v) is 6.68. The number of imide groups is 1. The second-order valence-corrected chi connectivity index (χ2v) is 5.06. The number of hydrogen-bond acceptors (Lipinski definition) is 4. The number of methoxy groups -OCH3 is 1. The standard InChI is InChI=1S/C14H17N3O3/c1-20-10-5-3-2-4-8(10)9-6-7-15-12-11(9)13(18)17-14(19)16-12/h2-5,9,11-12,15H,6-7H2,1H3,(H2,16,17,18,19). The molecule has 3 unspecified atom stereocenters. The highest BCUT2D eigenvalue weighted by atomic mass is 16.5. The number of urea groups is 1. The van der Waals surface area contributed by atoms with Crippen molar-refractivity contribution in [2.45, 2.75) is 18.5 Å². The van der Waals surface area contributed by atoms with Gasteiger partial charge in [0.1, 0.15) is 5.75 Å². The van der Waals surface area contributed by atoms with Gasteiger partial charge in [-0.25, -0.2) is 4.79 Å². The molecule has 1 aromatic rings. The predicted octanol–water partition coefficient (Wildman–Crippen LogP) is 0.554. The molecule has 3 atom stereocenters. The lowest BCUT2D eigenvalue weighted by molar-refractivity contribution is -0.127. The molecule has 106 valence electrons. The lowest BCUT2D eigenvalue weighted by atomic mass is 9.77. The van der Waals surface area contributed by atoms with E-state index in [1.54, 1.807) is 7.11 Å². The van der Waals surface area contributed by atoms with Gasteiger partial charge in [0.25, 0.3) is 0 Å². The molecule has 6 nitrogen and oxygen atoms in total. The summed E-state index contributed by atoms with van der Waals surface area (Å²) >= 11 is 0. The van der Waals surface area contributed by atoms with E-state index in [-0.39, 0.29) is 23.9 Å². The third kappa shape index (κ3) is 2.12. The number of para-hydroxylation sites is 1. The normalized spacial score (nSPS) is 29.1. The molecule has 1 aromatic carbocycles. The van der Waals surface area contributed by atoms with Crippen LogP contribution in [-0.4, -0.2) is 31.8 Å². The molecule has 2 fully saturated rings. The summed E-state index contributed by atoms with van der Waals surface area (Å²) in [6.07, 6.45) is 0.505. The van der Waals surface area contributed by atoms with Gasteiger partial charge >= 0.3 is 6.03 Å². The molecule has 2 aliphatic heterocycles. The molecule has 20 heavy (non-hydrogen) atoms. The Kier molecular flexibility index (Phi) is 3.31. The summed E-state index contributed by atoms with van der Waals surface area (Å²) in [6, 6.07) is 7.28. The lowest BCUT2D eigenvalue weighted by Crippen LogP contribution is -2.66. The summed E-state index contributed by atoms with van der Waals surface area (Å²) in [5.41, 5.74) is 1.01. The van der Waals surface area contributed by atoms with E-state index >= 15 is 0 Å². The summed E-state index contributed by atoms with van der Waals surface area (Å²) in [7, 11) is 1.63. The number of hydrogen-bond donors (Lipinski definition) is 3. The number of ether oxygens (including phenoxy) is 1. The van der Waals surface area contributed by atoms with Crippen LogP contribution in [0.15, 0.2) is 24.3 Å². The molecule has 0 aliphatic carbocycles. The highest BCUT2D eigenvalue weighted by molar-refractivity contribution is 5.99. The average molecular weight is 275 g/mol. The van der Waals surface area contributed by atoms with Crippen molar-refractivity contribution >= 4 is 11.9 Å². The number of fused-ring (bicyclic) bond motifs is 1. The van der Waals surface area contributed by atoms with Gasteiger partial charge in [0.05, 0.1) is 19.2 Å². The maximum Gasteiger partial charge on any atom is 0.322 e. The van der Waals surface area contributed by atoms with Crippen molar-refractivity contribution in [2.24, 2.45) is 5.92 Å². The van der Waals surface area contributed by atoms with Crippen LogP contribution in [-0.2, 0) is 4.79 Å². The fraction of sp³-hybridized carbons (Fsp3) is 0.429. The van der Waals surface area contributed by atoms with Gasteiger partial charge in [0, 0.05) is 5.92 Å². The molecule has 3 rings (SSSR count). The quantitative estimate of drug-likeness (QED) is 0.736. The van der Waals surface area contributed by atoms with Crippen LogP contribution >= 0.6 is 0 Å². The highest BCUT2D eigenvalue weighted by Gasteiger charge is 2.44. The van der Waals surface area contributed by atoms with Crippen LogP contribution < -0.4 is 20.7 Å². The number of rotatable bonds is 2. The van der Waals surface area contributed by atoms with Crippen LogP contribution in [0.4, 0.5) is 4.79 Å². The first-order chi connectivity index (χ1) is 9.70. The van der Waals surface area contributed by atoms with Gasteiger partial charge in [-0.15, -0.1) is 0 Å². The molecule has 3 N–H and O–H groups in total. The van der Waals surface area contributed by atoms with Crippen LogP contribution in [0.25, 0.3) is 0 Å². The molecule has 2 saturated heterocycles. The van der Waals surface area contributed by atoms with E-state index in [9.17, 15) is 9.59 Å². The highest BCUT2D eigenvalue weighted by Crippen LogP contribution is 2.38. The van der Waals surface area contributed by atoms with Gasteiger partial charge in [-0.2, -0.15) is 0 Å². The zero-order valence-corrected chi connectivity index (χ0v) is 11.2. The van der Waals surface area contributed by atoms with Gasteiger partial charge in [0.2, 0.25) is 5.91 Å². The maximum absolute atomic E-state index is 12.2. The van der Waals surface area contributed by atoms with Crippen LogP contribution in [0, 0.1) is 5.92 Å². The van der Waals surface area contributed by atoms with E-state index in [1.165, 1.54) is 0 Å². The Morgan fingerprint density at radius 2 is 2.05 bits per heavy atom. The van der Waals surface area contributed by atoms with Crippen molar-refractivity contribution in [1.82, 2.24) is 16.0 Å². The molecular weight excluding hydrogens is 258 g/mol. The van der Waals surface area contributed by atoms with Crippen LogP contribution in [0.5, 0.6) is 5.75 Å². The van der Waals surface area contributed by atoms with Crippen molar-refractivity contribution in [1.29, 1.82) is 0 Å². The zero-order chi connectivity index (χ0) is 14.1. The zero-order valence-electron chi connectivity index (χ0n) is 11.2. The predicted molar refractivity (Wildman–Crippen MR) is 72.3 cm³/mol. The molecule has 0 bridgehead atoms. The lowest BCUT2D eigenvalue weighted by Gasteiger charge is -2.41. The van der Waals surface area contributed by atoms with Gasteiger partial charge in [-0.05, 0) is 24.6 Å². The van der Waals surface area contributed by atoms with Gasteiger partial charge in [-0.1, -0.05) is 18.2 Å². The van der Waals surface area contributed by atoms with E-state index in [0.717, 1.165) is 24.3 Å². The Morgan fingerprint density at radius 3 is 2.85 bits per heavy atom. The van der Waals surface area contributed by atoms with Crippen molar-refractivity contribution in [3.63, 3.8) is 0 Å². The molecule has 6 heteroatoms. The summed E-state index contributed by atoms with van der Waals surface area (Å²) < 4.78 is 5.40. The molecular formula is C14H17N3O3. The van der Waals surface area contributed by atoms with Crippen molar-refractivity contribution in [3.8, 4) is 5.75 Å². The Morgan fingerprint density at radius 1 is 1.25 bits per heavy atom. The smallest absolute Gasteiger partial charge is 0.322 e. The first-order valence-electron chi connectivity index (χ1n) is 6.68. The summed E-state index contributed by atoms with van der Waals surface area (Å²) in [6.45, 7) is 0.747. The number of carbonyl (C=O) groups is 2. The average Bonchev–Trinajstić information content (AvgIpc) is 2.46. The van der Waals surface area contributed by atoms with Crippen LogP contribution in [0.3, 0.4) is 0 Å². The third-order valence-corrected chi connectivity index (χ3v) is 3.98. The summed E-state index contributed by atoms with van der Waals surface area (Å²) in [4.78, 5) is 23.6. The number of benzene rings is 1. The Bertz CT molecular complexity index is 546. The second-order valence-electron chi connectivity index (χ2n) is 5.06. The van der Waals surface area contributed by atoms with E-state index in [0.29, 0.717) is 0 Å². The monoisotopic (exact) mass is 275 g/mol. The Balaban J connectivity index is 1.96. The number of amides is 3. The Labute approximate surface area is 116 Å². The Hall–Kier alpha value is -2.08. The van der Waals surface area contributed by atoms with E-state index in [1.807, 2.05) is 24.3 Å². The van der Waals surface area contributed by atoms with Gasteiger partial charge < -0.3 is 10.1 Å². The summed E-state index contributed by atoms with van der Waals surface area (Å²) in [5.74, 6) is 0.250. The van der Waals surface area contributed by atoms with Gasteiger partial charge in [0.15, 0.2) is 0 Å². The van der Waals surface area contributed by atoms with E-state index < -0.39 is 6.03 Å². The second kappa shape index (κ2) is 5.13. The van der Waals surface area contributed by atoms with E-state index in [4.69, 9.17) is 4.74 Å². The molecule has 0 radical (unpaired) electrons. The SMILES string of the molecule is COc1ccccc1C1CCNC2NC(=O)NC(=O)C21. The molecule has 0 spiro atoms. The van der Waals surface area contributed by atoms with Crippen LogP contribution in [0.2, 0.25) is 0 Å². The number of carbonyl (C=O) groups excluding carboxylic acids is 2. The molecule has 3 amide bonds. The molecule has 2 aliphatic rings. The minimum Gasteiger partial charge on any atom is -0.496 e. The van der Waals surface area contributed by atoms with Gasteiger partial charge in [-0.3, -0.25) is 15.4 Å². The number of nitrogens with one attached hydrogen (secondary N) is 3. The molecule has 0 aromatic heterocycles. The molecule has 2 heterocycles. The van der Waals surface area contributed by atoms with Crippen molar-refractivity contribution in [3.05, 3.63) is 29.8 Å². The maximum atomic E-state index is 12.2. The van der Waals surface area contributed by atoms with Crippen molar-refractivity contribution in [2.75, 3.05) is 13.7 Å². The van der Waals surface area contributed by atoms with E-state index in [2.05, 4.69) is 16.0 Å². The first kappa shape index (κ1) is 12.9. The molecule has 0 saturated carbocycles. The summed E-state index contributed by atoms with van der Waals surface area (Å²) in [5, 5.41) is 8.29. The van der Waals surface area contributed by atoms with Crippen molar-refractivity contribution < 1.29 is 14.3 Å². The minimum atomic E-state index is -0.440. The number of piperidine rings is 1. The third-order valence-electron chi connectivity index (χ3n) is 3.98. The minimum absolute atomic E-state index is 0.0259. The fourth-order valence-corrected chi connectivity index (χ4v) is 3.10. The topological polar surface area (TPSA) is 79.5 Å².